The van der Waals surface area contributed by atoms with Crippen molar-refractivity contribution >= 4 is 21.8 Å². The van der Waals surface area contributed by atoms with E-state index in [1.54, 1.807) is 13.0 Å². The van der Waals surface area contributed by atoms with Crippen LogP contribution in [0.25, 0.3) is 0 Å². The van der Waals surface area contributed by atoms with E-state index < -0.39 is 16.0 Å². The summed E-state index contributed by atoms with van der Waals surface area (Å²) in [6, 6.07) is 0. The van der Waals surface area contributed by atoms with Crippen LogP contribution in [0.1, 0.15) is 13.3 Å². The number of hydrogen-bond acceptors (Lipinski definition) is 5. The number of allylic oxidation sites excluding steroid dienone is 3. The van der Waals surface area contributed by atoms with Gasteiger partial charge in [-0.2, -0.15) is 0 Å². The predicted molar refractivity (Wildman–Crippen MR) is 98.3 cm³/mol. The number of sulfonamides is 1. The second-order valence-corrected chi connectivity index (χ2v) is 6.24. The summed E-state index contributed by atoms with van der Waals surface area (Å²) in [4.78, 5) is 15.8. The van der Waals surface area contributed by atoms with Crippen LogP contribution >= 0.6 is 0 Å². The Bertz CT molecular complexity index is 644. The maximum Gasteiger partial charge on any atom is 0.338 e. The first-order valence-electron chi connectivity index (χ1n) is 7.28. The van der Waals surface area contributed by atoms with E-state index in [1.807, 2.05) is 0 Å². The van der Waals surface area contributed by atoms with Crippen molar-refractivity contribution in [3.8, 4) is 0 Å². The second-order valence-electron chi connectivity index (χ2n) is 4.47. The van der Waals surface area contributed by atoms with Gasteiger partial charge in [0.05, 0.1) is 17.9 Å². The lowest BCUT2D eigenvalue weighted by molar-refractivity contribution is -0.138. The van der Waals surface area contributed by atoms with Gasteiger partial charge in [-0.25, -0.2) is 13.2 Å². The Morgan fingerprint density at radius 1 is 1.29 bits per heavy atom. The topological polar surface area (TPSA) is 84.8 Å². The molecule has 0 heterocycles. The molecule has 0 amide bonds. The zero-order chi connectivity index (χ0) is 18.4. The van der Waals surface area contributed by atoms with E-state index in [1.165, 1.54) is 30.4 Å². The molecule has 0 spiro atoms. The molecule has 24 heavy (non-hydrogen) atoms. The number of hydrogen-bond donors (Lipinski definition) is 1. The number of carbonyl (C=O) groups excluding carboxylic acids is 1. The quantitative estimate of drug-likeness (QED) is 0.118. The maximum absolute atomic E-state index is 11.8. The number of esters is 1. The lowest BCUT2D eigenvalue weighted by Gasteiger charge is -2.08. The summed E-state index contributed by atoms with van der Waals surface area (Å²) < 4.78 is 31.1. The monoisotopic (exact) mass is 352 g/mol. The minimum Gasteiger partial charge on any atom is -0.460 e. The molecule has 0 bridgehead atoms. The Labute approximate surface area is 144 Å². The van der Waals surface area contributed by atoms with Gasteiger partial charge in [-0.1, -0.05) is 43.5 Å². The van der Waals surface area contributed by atoms with E-state index >= 15 is 0 Å². The van der Waals surface area contributed by atoms with Crippen molar-refractivity contribution in [1.29, 1.82) is 0 Å². The van der Waals surface area contributed by atoms with Crippen molar-refractivity contribution in [3.63, 3.8) is 0 Å². The van der Waals surface area contributed by atoms with E-state index in [0.29, 0.717) is 0 Å². The number of aliphatic imine (C=N–C) groups is 1. The van der Waals surface area contributed by atoms with Crippen molar-refractivity contribution in [2.24, 2.45) is 4.99 Å². The zero-order valence-corrected chi connectivity index (χ0v) is 14.7. The molecule has 1 N–H and O–H groups in total. The molecule has 0 aromatic carbocycles. The Balaban J connectivity index is 4.67. The number of ether oxygens (including phenoxy) is 1. The molecule has 0 fully saturated rings. The van der Waals surface area contributed by atoms with Gasteiger partial charge in [0.15, 0.2) is 0 Å². The molecule has 132 valence electrons. The van der Waals surface area contributed by atoms with Crippen LogP contribution in [0.15, 0.2) is 66.8 Å². The van der Waals surface area contributed by atoms with Crippen molar-refractivity contribution in [2.45, 2.75) is 13.3 Å². The molecule has 0 rings (SSSR count). The van der Waals surface area contributed by atoms with Crippen LogP contribution in [0.4, 0.5) is 0 Å². The van der Waals surface area contributed by atoms with Gasteiger partial charge in [-0.05, 0) is 13.0 Å². The molecule has 0 aromatic rings. The van der Waals surface area contributed by atoms with Gasteiger partial charge in [0.1, 0.15) is 12.4 Å². The molecular formula is C17H24N2O4S. The smallest absolute Gasteiger partial charge is 0.338 e. The lowest BCUT2D eigenvalue weighted by atomic mass is 10.2. The number of carbonyl (C=O) groups is 1. The second kappa shape index (κ2) is 12.1. The third-order valence-corrected chi connectivity index (χ3v) is 3.72. The highest BCUT2D eigenvalue weighted by Gasteiger charge is 2.10. The molecule has 0 atom stereocenters. The molecule has 0 unspecified atom stereocenters. The summed E-state index contributed by atoms with van der Waals surface area (Å²) in [6.45, 7) is 12.4. The molecule has 0 aromatic heterocycles. The normalized spacial score (nSPS) is 12.7. The van der Waals surface area contributed by atoms with Crippen LogP contribution in [-0.4, -0.2) is 39.1 Å². The fourth-order valence-corrected chi connectivity index (χ4v) is 2.50. The maximum atomic E-state index is 11.8. The van der Waals surface area contributed by atoms with Crippen LogP contribution in [0, 0.1) is 0 Å². The first-order valence-corrected chi connectivity index (χ1v) is 8.93. The third kappa shape index (κ3) is 9.58. The summed E-state index contributed by atoms with van der Waals surface area (Å²) in [5.74, 6) is -0.431. The van der Waals surface area contributed by atoms with Gasteiger partial charge in [0.2, 0.25) is 10.0 Å². The van der Waals surface area contributed by atoms with E-state index in [9.17, 15) is 13.2 Å². The minimum absolute atomic E-state index is 0.0123. The number of nitrogens with one attached hydrogen (secondary N) is 1. The Morgan fingerprint density at radius 3 is 2.54 bits per heavy atom. The Morgan fingerprint density at radius 2 is 2.00 bits per heavy atom. The molecule has 0 aliphatic rings. The van der Waals surface area contributed by atoms with E-state index in [-0.39, 0.29) is 36.7 Å². The predicted octanol–water partition coefficient (Wildman–Crippen LogP) is 2.30. The first-order chi connectivity index (χ1) is 11.4. The molecule has 7 heteroatoms. The van der Waals surface area contributed by atoms with Crippen molar-refractivity contribution in [2.75, 3.05) is 18.9 Å². The average molecular weight is 352 g/mol. The third-order valence-electron chi connectivity index (χ3n) is 2.54. The van der Waals surface area contributed by atoms with Gasteiger partial charge in [0.25, 0.3) is 0 Å². The summed E-state index contributed by atoms with van der Waals surface area (Å²) in [7, 11) is -3.50. The van der Waals surface area contributed by atoms with E-state index in [2.05, 4.69) is 29.5 Å². The molecule has 6 nitrogen and oxygen atoms in total. The molecular weight excluding hydrogens is 328 g/mol. The summed E-state index contributed by atoms with van der Waals surface area (Å²) >= 11 is 0. The number of amidine groups is 1. The Kier molecular flexibility index (Phi) is 10.9. The molecule has 0 aliphatic carbocycles. The van der Waals surface area contributed by atoms with Crippen LogP contribution in [-0.2, 0) is 19.6 Å². The summed E-state index contributed by atoms with van der Waals surface area (Å²) in [5, 5.41) is 0. The van der Waals surface area contributed by atoms with E-state index in [4.69, 9.17) is 4.74 Å². The average Bonchev–Trinajstić information content (AvgIpc) is 2.54. The van der Waals surface area contributed by atoms with Gasteiger partial charge < -0.3 is 4.74 Å². The van der Waals surface area contributed by atoms with Gasteiger partial charge in [0, 0.05) is 6.42 Å². The van der Waals surface area contributed by atoms with Crippen LogP contribution < -0.4 is 4.72 Å². The summed E-state index contributed by atoms with van der Waals surface area (Å²) in [6.07, 6.45) is 9.28. The van der Waals surface area contributed by atoms with Gasteiger partial charge >= 0.3 is 5.97 Å². The number of nitrogens with zero attached hydrogens (tertiary/aromatic N) is 1. The van der Waals surface area contributed by atoms with Crippen molar-refractivity contribution < 1.29 is 17.9 Å². The van der Waals surface area contributed by atoms with Crippen molar-refractivity contribution in [1.82, 2.24) is 4.72 Å². The van der Waals surface area contributed by atoms with Crippen molar-refractivity contribution in [3.05, 3.63) is 61.8 Å². The highest BCUT2D eigenvalue weighted by Crippen LogP contribution is 2.00. The molecule has 0 aliphatic heterocycles. The fourth-order valence-electron chi connectivity index (χ4n) is 1.47. The minimum atomic E-state index is -3.50. The lowest BCUT2D eigenvalue weighted by Crippen LogP contribution is -2.32. The highest BCUT2D eigenvalue weighted by molar-refractivity contribution is 7.90. The van der Waals surface area contributed by atoms with E-state index in [0.717, 1.165) is 0 Å². The standard InChI is InChI=1S/C17H24N2O4S/c1-5-9-14-24(21,22)19-16(11-7-3)18-12-13-23-17(20)15(8-4)10-6-2/h5-10H,2-4,11-14H2,1H3,(H,18,19)/b9-5-,15-10+. The zero-order valence-electron chi connectivity index (χ0n) is 13.9. The SMILES string of the molecule is C=C/C=C(\C=C)C(=O)OCCN=C(CC=C)NS(=O)(=O)C/C=C\C. The Hall–Kier alpha value is -2.41. The van der Waals surface area contributed by atoms with Crippen LogP contribution in [0.3, 0.4) is 0 Å². The van der Waals surface area contributed by atoms with Gasteiger partial charge in [-0.3, -0.25) is 9.71 Å². The van der Waals surface area contributed by atoms with Gasteiger partial charge in [-0.15, -0.1) is 6.58 Å². The first kappa shape index (κ1) is 21.6. The summed E-state index contributed by atoms with van der Waals surface area (Å²) in [5.41, 5.74) is 0.285. The highest BCUT2D eigenvalue weighted by atomic mass is 32.2. The molecule has 0 saturated heterocycles. The fraction of sp³-hybridized carbons (Fsp3) is 0.294. The number of rotatable bonds is 11. The largest absolute Gasteiger partial charge is 0.460 e. The van der Waals surface area contributed by atoms with Crippen LogP contribution in [0.2, 0.25) is 0 Å². The molecule has 0 saturated carbocycles. The molecule has 0 radical (unpaired) electrons. The van der Waals surface area contributed by atoms with Crippen LogP contribution in [0.5, 0.6) is 0 Å².